The minimum atomic E-state index is 0.210. The van der Waals surface area contributed by atoms with Crippen molar-refractivity contribution in [2.45, 2.75) is 39.7 Å². The van der Waals surface area contributed by atoms with Gasteiger partial charge in [-0.2, -0.15) is 0 Å². The van der Waals surface area contributed by atoms with E-state index in [0.717, 1.165) is 48.3 Å². The van der Waals surface area contributed by atoms with Gasteiger partial charge in [0.25, 0.3) is 0 Å². The lowest BCUT2D eigenvalue weighted by Gasteiger charge is -2.16. The molecule has 1 unspecified atom stereocenters. The summed E-state index contributed by atoms with van der Waals surface area (Å²) in [5.74, 6) is 0.891. The molecule has 1 atom stereocenters. The zero-order valence-electron chi connectivity index (χ0n) is 12.6. The van der Waals surface area contributed by atoms with Crippen LogP contribution in [0.5, 0.6) is 5.75 Å². The normalized spacial score (nSPS) is 12.6. The summed E-state index contributed by atoms with van der Waals surface area (Å²) in [4.78, 5) is 4.60. The molecular formula is C17H24N2O. The molecule has 1 aromatic heterocycles. The van der Waals surface area contributed by atoms with Gasteiger partial charge < -0.3 is 10.1 Å². The fraction of sp³-hybridized carbons (Fsp3) is 0.471. The van der Waals surface area contributed by atoms with Gasteiger partial charge in [0.15, 0.2) is 0 Å². The molecule has 1 heterocycles. The monoisotopic (exact) mass is 272 g/mol. The lowest BCUT2D eigenvalue weighted by molar-refractivity contribution is 0.210. The van der Waals surface area contributed by atoms with Crippen LogP contribution < -0.4 is 10.1 Å². The quantitative estimate of drug-likeness (QED) is 0.780. The summed E-state index contributed by atoms with van der Waals surface area (Å²) in [6.07, 6.45) is 2.39. The predicted octanol–water partition coefficient (Wildman–Crippen LogP) is 3.70. The van der Waals surface area contributed by atoms with E-state index < -0.39 is 0 Å². The molecule has 0 aliphatic heterocycles. The van der Waals surface area contributed by atoms with Crippen molar-refractivity contribution < 1.29 is 4.74 Å². The van der Waals surface area contributed by atoms with Gasteiger partial charge in [0, 0.05) is 11.1 Å². The molecule has 20 heavy (non-hydrogen) atoms. The molecule has 0 aliphatic rings. The van der Waals surface area contributed by atoms with Crippen molar-refractivity contribution in [2.24, 2.45) is 0 Å². The summed E-state index contributed by atoms with van der Waals surface area (Å²) in [7, 11) is 0. The first kappa shape index (κ1) is 14.8. The van der Waals surface area contributed by atoms with Crippen LogP contribution in [0.3, 0.4) is 0 Å². The smallest absolute Gasteiger partial charge is 0.145 e. The highest BCUT2D eigenvalue weighted by atomic mass is 16.5. The van der Waals surface area contributed by atoms with Crippen molar-refractivity contribution >= 4 is 10.9 Å². The summed E-state index contributed by atoms with van der Waals surface area (Å²) in [5.41, 5.74) is 1.99. The topological polar surface area (TPSA) is 34.1 Å². The zero-order chi connectivity index (χ0) is 14.4. The van der Waals surface area contributed by atoms with Crippen LogP contribution in [0.15, 0.2) is 30.3 Å². The molecule has 0 saturated carbocycles. The zero-order valence-corrected chi connectivity index (χ0v) is 12.6. The lowest BCUT2D eigenvalue weighted by Crippen LogP contribution is -2.18. The average Bonchev–Trinajstić information content (AvgIpc) is 2.44. The van der Waals surface area contributed by atoms with E-state index in [1.165, 1.54) is 0 Å². The molecule has 0 fully saturated rings. The number of hydrogen-bond acceptors (Lipinski definition) is 3. The Morgan fingerprint density at radius 2 is 2.10 bits per heavy atom. The van der Waals surface area contributed by atoms with E-state index in [2.05, 4.69) is 36.3 Å². The van der Waals surface area contributed by atoms with E-state index in [-0.39, 0.29) is 6.10 Å². The number of aryl methyl sites for hydroxylation is 1. The van der Waals surface area contributed by atoms with Gasteiger partial charge in [0.2, 0.25) is 0 Å². The molecule has 3 nitrogen and oxygen atoms in total. The average molecular weight is 272 g/mol. The highest BCUT2D eigenvalue weighted by molar-refractivity contribution is 5.84. The number of nitrogens with one attached hydrogen (secondary N) is 1. The standard InChI is InChI=1S/C17H24N2O/c1-4-18-12-6-7-14(3)20-16-9-5-8-15-11-10-13(2)19-17(15)16/h5,8-11,14,18H,4,6-7,12H2,1-3H3. The molecule has 0 spiro atoms. The Hall–Kier alpha value is -1.61. The van der Waals surface area contributed by atoms with Crippen LogP contribution in [0.4, 0.5) is 0 Å². The Labute approximate surface area is 121 Å². The van der Waals surface area contributed by atoms with Gasteiger partial charge in [0.05, 0.1) is 6.10 Å². The second kappa shape index (κ2) is 7.25. The SMILES string of the molecule is CCNCCCC(C)Oc1cccc2ccc(C)nc12. The van der Waals surface area contributed by atoms with E-state index in [1.807, 2.05) is 25.1 Å². The summed E-state index contributed by atoms with van der Waals surface area (Å²) in [6.45, 7) is 8.35. The van der Waals surface area contributed by atoms with Crippen molar-refractivity contribution in [3.05, 3.63) is 36.0 Å². The first-order valence-electron chi connectivity index (χ1n) is 7.44. The maximum absolute atomic E-state index is 6.07. The van der Waals surface area contributed by atoms with Crippen molar-refractivity contribution in [2.75, 3.05) is 13.1 Å². The maximum atomic E-state index is 6.07. The molecular weight excluding hydrogens is 248 g/mol. The third kappa shape index (κ3) is 3.94. The van der Waals surface area contributed by atoms with Crippen LogP contribution in [-0.4, -0.2) is 24.2 Å². The molecule has 1 N–H and O–H groups in total. The summed E-state index contributed by atoms with van der Waals surface area (Å²) in [5, 5.41) is 4.47. The highest BCUT2D eigenvalue weighted by Crippen LogP contribution is 2.25. The van der Waals surface area contributed by atoms with Gasteiger partial charge in [-0.3, -0.25) is 0 Å². The molecule has 3 heteroatoms. The minimum Gasteiger partial charge on any atom is -0.488 e. The fourth-order valence-electron chi connectivity index (χ4n) is 2.28. The summed E-state index contributed by atoms with van der Waals surface area (Å²) >= 11 is 0. The molecule has 0 aliphatic carbocycles. The molecule has 0 radical (unpaired) electrons. The Balaban J connectivity index is 2.03. The number of ether oxygens (including phenoxy) is 1. The van der Waals surface area contributed by atoms with Crippen LogP contribution >= 0.6 is 0 Å². The fourth-order valence-corrected chi connectivity index (χ4v) is 2.28. The molecule has 1 aromatic carbocycles. The Kier molecular flexibility index (Phi) is 5.36. The second-order valence-corrected chi connectivity index (χ2v) is 5.20. The van der Waals surface area contributed by atoms with Crippen molar-refractivity contribution in [1.82, 2.24) is 10.3 Å². The van der Waals surface area contributed by atoms with Crippen LogP contribution in [0, 0.1) is 6.92 Å². The Morgan fingerprint density at radius 1 is 1.25 bits per heavy atom. The van der Waals surface area contributed by atoms with E-state index in [9.17, 15) is 0 Å². The number of nitrogens with zero attached hydrogens (tertiary/aromatic N) is 1. The van der Waals surface area contributed by atoms with Gasteiger partial charge in [-0.25, -0.2) is 4.98 Å². The third-order valence-corrected chi connectivity index (χ3v) is 3.36. The summed E-state index contributed by atoms with van der Waals surface area (Å²) < 4.78 is 6.07. The first-order valence-corrected chi connectivity index (χ1v) is 7.44. The van der Waals surface area contributed by atoms with Gasteiger partial charge in [-0.1, -0.05) is 25.1 Å². The molecule has 0 amide bonds. The Bertz CT molecular complexity index is 554. The number of para-hydroxylation sites is 1. The van der Waals surface area contributed by atoms with Crippen LogP contribution in [0.25, 0.3) is 10.9 Å². The largest absolute Gasteiger partial charge is 0.488 e. The number of hydrogen-bond donors (Lipinski definition) is 1. The number of rotatable bonds is 7. The second-order valence-electron chi connectivity index (χ2n) is 5.20. The highest BCUT2D eigenvalue weighted by Gasteiger charge is 2.08. The predicted molar refractivity (Wildman–Crippen MR) is 84.3 cm³/mol. The maximum Gasteiger partial charge on any atom is 0.145 e. The lowest BCUT2D eigenvalue weighted by atomic mass is 10.2. The molecule has 0 bridgehead atoms. The number of pyridine rings is 1. The van der Waals surface area contributed by atoms with E-state index in [1.54, 1.807) is 0 Å². The van der Waals surface area contributed by atoms with Crippen molar-refractivity contribution in [3.63, 3.8) is 0 Å². The number of benzene rings is 1. The van der Waals surface area contributed by atoms with Gasteiger partial charge in [0.1, 0.15) is 11.3 Å². The van der Waals surface area contributed by atoms with E-state index >= 15 is 0 Å². The first-order chi connectivity index (χ1) is 9.70. The van der Waals surface area contributed by atoms with E-state index in [0.29, 0.717) is 0 Å². The molecule has 108 valence electrons. The summed E-state index contributed by atoms with van der Waals surface area (Å²) in [6, 6.07) is 10.2. The van der Waals surface area contributed by atoms with Crippen LogP contribution in [0.1, 0.15) is 32.4 Å². The third-order valence-electron chi connectivity index (χ3n) is 3.36. The van der Waals surface area contributed by atoms with Gasteiger partial charge >= 0.3 is 0 Å². The van der Waals surface area contributed by atoms with Crippen molar-refractivity contribution in [1.29, 1.82) is 0 Å². The van der Waals surface area contributed by atoms with E-state index in [4.69, 9.17) is 4.74 Å². The number of fused-ring (bicyclic) bond motifs is 1. The molecule has 2 rings (SSSR count). The van der Waals surface area contributed by atoms with Gasteiger partial charge in [-0.05, 0) is 51.9 Å². The molecule has 2 aromatic rings. The van der Waals surface area contributed by atoms with Crippen LogP contribution in [0.2, 0.25) is 0 Å². The molecule has 0 saturated heterocycles. The van der Waals surface area contributed by atoms with Crippen LogP contribution in [-0.2, 0) is 0 Å². The number of aromatic nitrogens is 1. The minimum absolute atomic E-state index is 0.210. The van der Waals surface area contributed by atoms with Gasteiger partial charge in [-0.15, -0.1) is 0 Å². The van der Waals surface area contributed by atoms with Crippen molar-refractivity contribution in [3.8, 4) is 5.75 Å². The Morgan fingerprint density at radius 3 is 2.90 bits per heavy atom.